The largest absolute Gasteiger partial charge is 0.398 e. The Bertz CT molecular complexity index is 603. The standard InChI is InChI=1S/C14H23N3O3S/c1-4-5-6-17(9-14(16)18)21(19,20)12-7-10(2)11(3)13(15)8-12/h7-8H,4-6,9,15H2,1-3H3,(H2,16,18). The van der Waals surface area contributed by atoms with E-state index in [0.29, 0.717) is 12.1 Å². The average molecular weight is 313 g/mol. The van der Waals surface area contributed by atoms with Gasteiger partial charge in [0.1, 0.15) is 0 Å². The molecule has 0 saturated heterocycles. The van der Waals surface area contributed by atoms with Crippen molar-refractivity contribution in [2.45, 2.75) is 38.5 Å². The van der Waals surface area contributed by atoms with Crippen LogP contribution in [-0.2, 0) is 14.8 Å². The van der Waals surface area contributed by atoms with Gasteiger partial charge in [-0.1, -0.05) is 13.3 Å². The molecular weight excluding hydrogens is 290 g/mol. The number of benzene rings is 1. The first-order chi connectivity index (χ1) is 9.70. The molecule has 1 amide bonds. The number of nitrogens with zero attached hydrogens (tertiary/aromatic N) is 1. The van der Waals surface area contributed by atoms with Crippen LogP contribution in [0.1, 0.15) is 30.9 Å². The van der Waals surface area contributed by atoms with E-state index in [-0.39, 0.29) is 18.0 Å². The van der Waals surface area contributed by atoms with Crippen LogP contribution in [0.15, 0.2) is 17.0 Å². The number of aryl methyl sites for hydroxylation is 1. The summed E-state index contributed by atoms with van der Waals surface area (Å²) in [5, 5.41) is 0. The predicted octanol–water partition coefficient (Wildman–Crippen LogP) is 1.16. The van der Waals surface area contributed by atoms with Gasteiger partial charge >= 0.3 is 0 Å². The van der Waals surface area contributed by atoms with Gasteiger partial charge in [0.25, 0.3) is 0 Å². The molecule has 1 aromatic rings. The highest BCUT2D eigenvalue weighted by molar-refractivity contribution is 7.89. The Balaban J connectivity index is 3.24. The minimum atomic E-state index is -3.78. The summed E-state index contributed by atoms with van der Waals surface area (Å²) in [6.45, 7) is 5.52. The van der Waals surface area contributed by atoms with Crippen molar-refractivity contribution in [2.24, 2.45) is 5.73 Å². The second kappa shape index (κ2) is 6.91. The molecule has 0 aliphatic rings. The van der Waals surface area contributed by atoms with E-state index >= 15 is 0 Å². The van der Waals surface area contributed by atoms with E-state index in [1.54, 1.807) is 13.0 Å². The number of rotatable bonds is 7. The summed E-state index contributed by atoms with van der Waals surface area (Å²) in [6.07, 6.45) is 1.48. The number of amides is 1. The summed E-state index contributed by atoms with van der Waals surface area (Å²) in [5.41, 5.74) is 13.1. The van der Waals surface area contributed by atoms with Crippen molar-refractivity contribution in [3.8, 4) is 0 Å². The van der Waals surface area contributed by atoms with Gasteiger partial charge in [0.2, 0.25) is 15.9 Å². The van der Waals surface area contributed by atoms with Gasteiger partial charge in [-0.2, -0.15) is 4.31 Å². The van der Waals surface area contributed by atoms with Crippen molar-refractivity contribution >= 4 is 21.6 Å². The number of nitrogens with two attached hydrogens (primary N) is 2. The second-order valence-corrected chi connectivity index (χ2v) is 7.05. The molecular formula is C14H23N3O3S. The van der Waals surface area contributed by atoms with Gasteiger partial charge in [0.15, 0.2) is 0 Å². The smallest absolute Gasteiger partial charge is 0.243 e. The lowest BCUT2D eigenvalue weighted by molar-refractivity contribution is -0.118. The highest BCUT2D eigenvalue weighted by Crippen LogP contribution is 2.24. The number of anilines is 1. The number of carbonyl (C=O) groups is 1. The molecule has 4 N–H and O–H groups in total. The van der Waals surface area contributed by atoms with Gasteiger partial charge < -0.3 is 11.5 Å². The van der Waals surface area contributed by atoms with Crippen LogP contribution in [-0.4, -0.2) is 31.7 Å². The number of primary amides is 1. The molecule has 0 saturated carbocycles. The molecule has 118 valence electrons. The molecule has 0 atom stereocenters. The molecule has 6 nitrogen and oxygen atoms in total. The summed E-state index contributed by atoms with van der Waals surface area (Å²) in [6, 6.07) is 3.00. The molecule has 0 heterocycles. The van der Waals surface area contributed by atoms with Crippen LogP contribution in [0.2, 0.25) is 0 Å². The highest BCUT2D eigenvalue weighted by atomic mass is 32.2. The summed E-state index contributed by atoms with van der Waals surface area (Å²) < 4.78 is 26.4. The van der Waals surface area contributed by atoms with Crippen molar-refractivity contribution in [3.05, 3.63) is 23.3 Å². The third-order valence-corrected chi connectivity index (χ3v) is 5.24. The van der Waals surface area contributed by atoms with E-state index in [0.717, 1.165) is 21.9 Å². The lowest BCUT2D eigenvalue weighted by Gasteiger charge is -2.21. The molecule has 0 radical (unpaired) electrons. The molecule has 1 rings (SSSR count). The molecule has 21 heavy (non-hydrogen) atoms. The third kappa shape index (κ3) is 4.18. The van der Waals surface area contributed by atoms with E-state index in [1.807, 2.05) is 13.8 Å². The fourth-order valence-electron chi connectivity index (χ4n) is 1.94. The van der Waals surface area contributed by atoms with Crippen LogP contribution in [0.25, 0.3) is 0 Å². The van der Waals surface area contributed by atoms with Gasteiger partial charge in [-0.25, -0.2) is 8.42 Å². The van der Waals surface area contributed by atoms with Crippen molar-refractivity contribution < 1.29 is 13.2 Å². The number of carbonyl (C=O) groups excluding carboxylic acids is 1. The zero-order chi connectivity index (χ0) is 16.2. The Morgan fingerprint density at radius 3 is 2.38 bits per heavy atom. The average Bonchev–Trinajstić information content (AvgIpc) is 2.39. The molecule has 0 spiro atoms. The summed E-state index contributed by atoms with van der Waals surface area (Å²) in [5.74, 6) is -0.675. The first-order valence-electron chi connectivity index (χ1n) is 6.85. The van der Waals surface area contributed by atoms with Gasteiger partial charge in [-0.05, 0) is 43.5 Å². The van der Waals surface area contributed by atoms with Crippen LogP contribution in [0.4, 0.5) is 5.69 Å². The van der Waals surface area contributed by atoms with Crippen LogP contribution >= 0.6 is 0 Å². The maximum Gasteiger partial charge on any atom is 0.243 e. The minimum Gasteiger partial charge on any atom is -0.398 e. The summed E-state index contributed by atoms with van der Waals surface area (Å²) in [7, 11) is -3.78. The van der Waals surface area contributed by atoms with Gasteiger partial charge in [0.05, 0.1) is 11.4 Å². The SMILES string of the molecule is CCCCN(CC(N)=O)S(=O)(=O)c1cc(C)c(C)c(N)c1. The number of unbranched alkanes of at least 4 members (excludes halogenated alkanes) is 1. The van der Waals surface area contributed by atoms with E-state index < -0.39 is 15.9 Å². The fraction of sp³-hybridized carbons (Fsp3) is 0.500. The predicted molar refractivity (Wildman–Crippen MR) is 83.2 cm³/mol. The Morgan fingerprint density at radius 1 is 1.29 bits per heavy atom. The van der Waals surface area contributed by atoms with Gasteiger partial charge in [0, 0.05) is 12.2 Å². The van der Waals surface area contributed by atoms with Crippen molar-refractivity contribution in [1.29, 1.82) is 0 Å². The molecule has 0 aromatic heterocycles. The number of hydrogen-bond donors (Lipinski definition) is 2. The van der Waals surface area contributed by atoms with Crippen LogP contribution in [0.3, 0.4) is 0 Å². The topological polar surface area (TPSA) is 106 Å². The van der Waals surface area contributed by atoms with Crippen LogP contribution in [0, 0.1) is 13.8 Å². The van der Waals surface area contributed by atoms with Crippen LogP contribution in [0.5, 0.6) is 0 Å². The zero-order valence-corrected chi connectivity index (χ0v) is 13.5. The van der Waals surface area contributed by atoms with Crippen LogP contribution < -0.4 is 11.5 Å². The molecule has 0 bridgehead atoms. The second-order valence-electron chi connectivity index (χ2n) is 5.11. The molecule has 7 heteroatoms. The Kier molecular flexibility index (Phi) is 5.74. The van der Waals surface area contributed by atoms with Crippen molar-refractivity contribution in [1.82, 2.24) is 4.31 Å². The molecule has 0 aliphatic heterocycles. The Hall–Kier alpha value is -1.60. The summed E-state index contributed by atoms with van der Waals surface area (Å²) >= 11 is 0. The fourth-order valence-corrected chi connectivity index (χ4v) is 3.51. The molecule has 0 aliphatic carbocycles. The Morgan fingerprint density at radius 2 is 1.90 bits per heavy atom. The lowest BCUT2D eigenvalue weighted by atomic mass is 10.1. The van der Waals surface area contributed by atoms with Crippen molar-refractivity contribution in [3.63, 3.8) is 0 Å². The van der Waals surface area contributed by atoms with Gasteiger partial charge in [-0.15, -0.1) is 0 Å². The van der Waals surface area contributed by atoms with E-state index in [9.17, 15) is 13.2 Å². The normalized spacial score (nSPS) is 11.8. The van der Waals surface area contributed by atoms with E-state index in [2.05, 4.69) is 0 Å². The van der Waals surface area contributed by atoms with E-state index in [4.69, 9.17) is 11.5 Å². The minimum absolute atomic E-state index is 0.0976. The maximum atomic E-state index is 12.7. The maximum absolute atomic E-state index is 12.7. The first kappa shape index (κ1) is 17.5. The molecule has 1 aromatic carbocycles. The third-order valence-electron chi connectivity index (χ3n) is 3.41. The van der Waals surface area contributed by atoms with Crippen molar-refractivity contribution in [2.75, 3.05) is 18.8 Å². The van der Waals surface area contributed by atoms with E-state index in [1.165, 1.54) is 6.07 Å². The van der Waals surface area contributed by atoms with Gasteiger partial charge in [-0.3, -0.25) is 4.79 Å². The zero-order valence-electron chi connectivity index (χ0n) is 12.7. The summed E-state index contributed by atoms with van der Waals surface area (Å²) in [4.78, 5) is 11.2. The number of hydrogen-bond acceptors (Lipinski definition) is 4. The monoisotopic (exact) mass is 313 g/mol. The quantitative estimate of drug-likeness (QED) is 0.737. The number of sulfonamides is 1. The number of nitrogen functional groups attached to an aromatic ring is 1. The molecule has 0 fully saturated rings. The highest BCUT2D eigenvalue weighted by Gasteiger charge is 2.26. The molecule has 0 unspecified atom stereocenters. The first-order valence-corrected chi connectivity index (χ1v) is 8.29. The lowest BCUT2D eigenvalue weighted by Crippen LogP contribution is -2.39. The Labute approximate surface area is 126 Å².